The molecule has 0 atom stereocenters. The van der Waals surface area contributed by atoms with Crippen molar-refractivity contribution in [3.8, 4) is 5.75 Å². The molecule has 0 saturated heterocycles. The van der Waals surface area contributed by atoms with Gasteiger partial charge in [0, 0.05) is 6.20 Å². The lowest BCUT2D eigenvalue weighted by molar-refractivity contribution is 0.428. The maximum atomic E-state index is 9.71. The number of hydrogen-bond donors (Lipinski definition) is 2. The van der Waals surface area contributed by atoms with Gasteiger partial charge in [-0.25, -0.2) is 4.98 Å². The molecule has 0 aromatic carbocycles. The van der Waals surface area contributed by atoms with Gasteiger partial charge in [0.1, 0.15) is 17.1 Å². The quantitative estimate of drug-likeness (QED) is 0.765. The Balaban J connectivity index is 2.21. The highest BCUT2D eigenvalue weighted by atomic mass is 16.3. The molecule has 1 fully saturated rings. The zero-order chi connectivity index (χ0) is 11.2. The third-order valence-electron chi connectivity index (χ3n) is 3.49. The summed E-state index contributed by atoms with van der Waals surface area (Å²) in [5, 5.41) is 9.71. The average molecular weight is 217 g/mol. The molecule has 0 aliphatic heterocycles. The second-order valence-corrected chi connectivity index (χ2v) is 4.59. The normalized spacial score (nSPS) is 19.3. The predicted molar refractivity (Wildman–Crippen MR) is 61.2 cm³/mol. The van der Waals surface area contributed by atoms with Crippen LogP contribution in [0.2, 0.25) is 0 Å². The highest BCUT2D eigenvalue weighted by Gasteiger charge is 2.35. The number of nitrogens with two attached hydrogens (primary N) is 1. The van der Waals surface area contributed by atoms with Gasteiger partial charge < -0.3 is 10.8 Å². The number of aromatic nitrogens is 2. The van der Waals surface area contributed by atoms with Crippen molar-refractivity contribution in [2.24, 2.45) is 5.73 Å². The molecule has 84 valence electrons. The zero-order valence-electron chi connectivity index (χ0n) is 9.06. The highest BCUT2D eigenvalue weighted by Crippen LogP contribution is 2.36. The van der Waals surface area contributed by atoms with Gasteiger partial charge in [0.2, 0.25) is 0 Å². The Kier molecular flexibility index (Phi) is 1.94. The summed E-state index contributed by atoms with van der Waals surface area (Å²) in [4.78, 5) is 4.39. The lowest BCUT2D eigenvalue weighted by Crippen LogP contribution is -2.35. The molecule has 3 rings (SSSR count). The molecule has 1 aliphatic carbocycles. The van der Waals surface area contributed by atoms with Gasteiger partial charge in [-0.15, -0.1) is 0 Å². The summed E-state index contributed by atoms with van der Waals surface area (Å²) in [5.74, 6) is 1.12. The lowest BCUT2D eigenvalue weighted by Gasteiger charge is -2.21. The smallest absolute Gasteiger partial charge is 0.141 e. The number of nitrogens with zero attached hydrogens (tertiary/aromatic N) is 2. The van der Waals surface area contributed by atoms with Gasteiger partial charge in [0.15, 0.2) is 0 Å². The molecule has 2 aromatic rings. The van der Waals surface area contributed by atoms with E-state index in [1.165, 1.54) is 0 Å². The van der Waals surface area contributed by atoms with Crippen LogP contribution in [0.4, 0.5) is 0 Å². The third-order valence-corrected chi connectivity index (χ3v) is 3.49. The van der Waals surface area contributed by atoms with Crippen LogP contribution in [0.25, 0.3) is 5.52 Å². The average Bonchev–Trinajstić information content (AvgIpc) is 2.85. The Labute approximate surface area is 93.7 Å². The monoisotopic (exact) mass is 217 g/mol. The molecule has 2 heterocycles. The fraction of sp³-hybridized carbons (Fsp3) is 0.417. The Morgan fingerprint density at radius 3 is 2.88 bits per heavy atom. The number of rotatable bonds is 1. The van der Waals surface area contributed by atoms with E-state index in [-0.39, 0.29) is 11.3 Å². The molecule has 0 radical (unpaired) electrons. The van der Waals surface area contributed by atoms with Crippen LogP contribution in [0.3, 0.4) is 0 Å². The van der Waals surface area contributed by atoms with Gasteiger partial charge in [0.05, 0.1) is 11.7 Å². The van der Waals surface area contributed by atoms with Crippen molar-refractivity contribution in [1.82, 2.24) is 9.38 Å². The first kappa shape index (κ1) is 9.66. The van der Waals surface area contributed by atoms with Gasteiger partial charge in [-0.05, 0) is 25.0 Å². The Hall–Kier alpha value is -1.55. The van der Waals surface area contributed by atoms with Crippen molar-refractivity contribution in [2.75, 3.05) is 0 Å². The van der Waals surface area contributed by atoms with Crippen LogP contribution in [0.1, 0.15) is 31.5 Å². The van der Waals surface area contributed by atoms with Gasteiger partial charge >= 0.3 is 0 Å². The molecule has 16 heavy (non-hydrogen) atoms. The number of aromatic hydroxyl groups is 1. The molecule has 4 heteroatoms. The van der Waals surface area contributed by atoms with E-state index < -0.39 is 0 Å². The topological polar surface area (TPSA) is 63.5 Å². The first-order valence-corrected chi connectivity index (χ1v) is 5.65. The van der Waals surface area contributed by atoms with Crippen LogP contribution in [-0.2, 0) is 5.54 Å². The first-order valence-electron chi connectivity index (χ1n) is 5.65. The van der Waals surface area contributed by atoms with Crippen LogP contribution in [0.5, 0.6) is 5.75 Å². The Morgan fingerprint density at radius 1 is 1.38 bits per heavy atom. The zero-order valence-corrected chi connectivity index (χ0v) is 9.06. The number of imidazole rings is 1. The minimum absolute atomic E-state index is 0.253. The molecule has 4 nitrogen and oxygen atoms in total. The largest absolute Gasteiger partial charge is 0.506 e. The molecular weight excluding hydrogens is 202 g/mol. The SMILES string of the molecule is NC1(c2ncc3c(O)cccn23)CCCC1. The Bertz CT molecular complexity index is 526. The van der Waals surface area contributed by atoms with E-state index in [4.69, 9.17) is 5.73 Å². The number of fused-ring (bicyclic) bond motifs is 1. The molecule has 2 aromatic heterocycles. The standard InChI is InChI=1S/C12H15N3O/c13-12(5-1-2-6-12)11-14-8-9-10(16)4-3-7-15(9)11/h3-4,7-8,16H,1-2,5-6,13H2. The summed E-state index contributed by atoms with van der Waals surface area (Å²) in [6.45, 7) is 0. The highest BCUT2D eigenvalue weighted by molar-refractivity contribution is 5.58. The van der Waals surface area contributed by atoms with E-state index in [1.54, 1.807) is 12.3 Å². The van der Waals surface area contributed by atoms with Crippen LogP contribution >= 0.6 is 0 Å². The number of hydrogen-bond acceptors (Lipinski definition) is 3. The molecule has 0 unspecified atom stereocenters. The molecule has 0 spiro atoms. The lowest BCUT2D eigenvalue weighted by atomic mass is 9.98. The van der Waals surface area contributed by atoms with Gasteiger partial charge in [-0.1, -0.05) is 12.8 Å². The number of pyridine rings is 1. The minimum Gasteiger partial charge on any atom is -0.506 e. The summed E-state index contributed by atoms with van der Waals surface area (Å²) in [7, 11) is 0. The van der Waals surface area contributed by atoms with Crippen LogP contribution < -0.4 is 5.73 Å². The predicted octanol–water partition coefficient (Wildman–Crippen LogP) is 1.77. The van der Waals surface area contributed by atoms with Crippen molar-refractivity contribution in [3.05, 3.63) is 30.4 Å². The van der Waals surface area contributed by atoms with Crippen molar-refractivity contribution < 1.29 is 5.11 Å². The van der Waals surface area contributed by atoms with Crippen molar-refractivity contribution >= 4 is 5.52 Å². The summed E-state index contributed by atoms with van der Waals surface area (Å²) < 4.78 is 1.90. The maximum absolute atomic E-state index is 9.71. The fourth-order valence-corrected chi connectivity index (χ4v) is 2.60. The van der Waals surface area contributed by atoms with E-state index in [9.17, 15) is 5.11 Å². The van der Waals surface area contributed by atoms with Crippen LogP contribution in [0.15, 0.2) is 24.5 Å². The van der Waals surface area contributed by atoms with Crippen LogP contribution in [-0.4, -0.2) is 14.5 Å². The second kappa shape index (κ2) is 3.22. The summed E-state index contributed by atoms with van der Waals surface area (Å²) in [5.41, 5.74) is 6.79. The molecule has 0 amide bonds. The molecule has 0 bridgehead atoms. The van der Waals surface area contributed by atoms with Gasteiger partial charge in [-0.2, -0.15) is 0 Å². The van der Waals surface area contributed by atoms with E-state index in [2.05, 4.69) is 4.98 Å². The minimum atomic E-state index is -0.319. The molecular formula is C12H15N3O. The maximum Gasteiger partial charge on any atom is 0.141 e. The third kappa shape index (κ3) is 1.23. The molecule has 3 N–H and O–H groups in total. The van der Waals surface area contributed by atoms with E-state index in [0.717, 1.165) is 37.0 Å². The van der Waals surface area contributed by atoms with E-state index >= 15 is 0 Å². The first-order chi connectivity index (χ1) is 7.71. The Morgan fingerprint density at radius 2 is 2.12 bits per heavy atom. The van der Waals surface area contributed by atoms with Gasteiger partial charge in [-0.3, -0.25) is 4.40 Å². The fourth-order valence-electron chi connectivity index (χ4n) is 2.60. The van der Waals surface area contributed by atoms with Crippen molar-refractivity contribution in [1.29, 1.82) is 0 Å². The summed E-state index contributed by atoms with van der Waals surface area (Å²) >= 11 is 0. The van der Waals surface area contributed by atoms with Gasteiger partial charge in [0.25, 0.3) is 0 Å². The summed E-state index contributed by atoms with van der Waals surface area (Å²) in [6.07, 6.45) is 7.86. The molecule has 1 saturated carbocycles. The second-order valence-electron chi connectivity index (χ2n) is 4.59. The van der Waals surface area contributed by atoms with Crippen LogP contribution in [0, 0.1) is 0 Å². The van der Waals surface area contributed by atoms with Crippen molar-refractivity contribution in [2.45, 2.75) is 31.2 Å². The van der Waals surface area contributed by atoms with E-state index in [0.29, 0.717) is 0 Å². The van der Waals surface area contributed by atoms with Crippen molar-refractivity contribution in [3.63, 3.8) is 0 Å². The molecule has 1 aliphatic rings. The summed E-state index contributed by atoms with van der Waals surface area (Å²) in [6, 6.07) is 3.48. The van der Waals surface area contributed by atoms with E-state index in [1.807, 2.05) is 16.7 Å².